The van der Waals surface area contributed by atoms with Gasteiger partial charge in [-0.15, -0.1) is 11.3 Å². The number of halogens is 1. The third-order valence-electron chi connectivity index (χ3n) is 5.23. The van der Waals surface area contributed by atoms with E-state index in [9.17, 15) is 18.0 Å². The van der Waals surface area contributed by atoms with E-state index in [1.54, 1.807) is 12.5 Å². The molecule has 1 aliphatic heterocycles. The quantitative estimate of drug-likeness (QED) is 0.393. The number of sulfonamides is 1. The molecule has 1 fully saturated rings. The van der Waals surface area contributed by atoms with E-state index >= 15 is 0 Å². The highest BCUT2D eigenvalue weighted by atomic mass is 79.9. The minimum atomic E-state index is -3.84. The zero-order valence-corrected chi connectivity index (χ0v) is 22.3. The van der Waals surface area contributed by atoms with Gasteiger partial charge >= 0.3 is 5.97 Å². The van der Waals surface area contributed by atoms with E-state index in [4.69, 9.17) is 14.2 Å². The zero-order valence-electron chi connectivity index (χ0n) is 19.1. The summed E-state index contributed by atoms with van der Waals surface area (Å²) >= 11 is 4.47. The van der Waals surface area contributed by atoms with Crippen molar-refractivity contribution in [3.8, 4) is 17.0 Å². The van der Waals surface area contributed by atoms with E-state index in [2.05, 4.69) is 26.2 Å². The Morgan fingerprint density at radius 1 is 1.17 bits per heavy atom. The van der Waals surface area contributed by atoms with Crippen LogP contribution in [0.1, 0.15) is 10.4 Å². The topological polar surface area (TPSA) is 124 Å². The van der Waals surface area contributed by atoms with Crippen molar-refractivity contribution in [1.82, 2.24) is 9.29 Å². The maximum atomic E-state index is 13.0. The highest BCUT2D eigenvalue weighted by Crippen LogP contribution is 2.28. The molecule has 1 aliphatic rings. The number of hydrogen-bond acceptors (Lipinski definition) is 9. The molecule has 1 saturated heterocycles. The molecule has 0 unspecified atom stereocenters. The number of esters is 1. The second kappa shape index (κ2) is 11.5. The van der Waals surface area contributed by atoms with Crippen LogP contribution in [0.25, 0.3) is 11.3 Å². The van der Waals surface area contributed by atoms with E-state index in [-0.39, 0.29) is 23.5 Å². The lowest BCUT2D eigenvalue weighted by molar-refractivity contribution is -0.119. The van der Waals surface area contributed by atoms with Crippen LogP contribution in [0.4, 0.5) is 5.13 Å². The number of carbonyl (C=O) groups is 2. The number of nitrogens with zero attached hydrogens (tertiary/aromatic N) is 2. The van der Waals surface area contributed by atoms with Crippen molar-refractivity contribution in [1.29, 1.82) is 0 Å². The SMILES string of the molecule is COc1ccc(-c2csc(NC(=O)COC(=O)c3ccc(Br)c(S(=O)(=O)N4CCOCC4)c3)n2)cc1. The predicted molar refractivity (Wildman–Crippen MR) is 137 cm³/mol. The Bertz CT molecular complexity index is 1350. The number of thiazole rings is 1. The maximum absolute atomic E-state index is 13.0. The molecule has 0 radical (unpaired) electrons. The van der Waals surface area contributed by atoms with Crippen LogP contribution >= 0.6 is 27.3 Å². The molecule has 1 N–H and O–H groups in total. The Hall–Kier alpha value is -2.84. The molecule has 1 aromatic heterocycles. The average molecular weight is 596 g/mol. The van der Waals surface area contributed by atoms with Crippen molar-refractivity contribution < 1.29 is 32.2 Å². The maximum Gasteiger partial charge on any atom is 0.338 e. The van der Waals surface area contributed by atoms with Gasteiger partial charge in [-0.2, -0.15) is 4.31 Å². The van der Waals surface area contributed by atoms with Crippen molar-refractivity contribution in [2.45, 2.75) is 4.90 Å². The van der Waals surface area contributed by atoms with Gasteiger partial charge in [0.25, 0.3) is 5.91 Å². The van der Waals surface area contributed by atoms with Crippen LogP contribution in [0, 0.1) is 0 Å². The number of morpholine rings is 1. The van der Waals surface area contributed by atoms with Crippen LogP contribution in [0.2, 0.25) is 0 Å². The van der Waals surface area contributed by atoms with Gasteiger partial charge in [0, 0.05) is 28.5 Å². The van der Waals surface area contributed by atoms with Crippen LogP contribution in [0.5, 0.6) is 5.75 Å². The van der Waals surface area contributed by atoms with E-state index in [1.165, 1.54) is 33.8 Å². The van der Waals surface area contributed by atoms with Gasteiger partial charge in [0.1, 0.15) is 5.75 Å². The van der Waals surface area contributed by atoms with E-state index in [0.29, 0.717) is 28.5 Å². The van der Waals surface area contributed by atoms with Crippen LogP contribution < -0.4 is 10.1 Å². The molecule has 3 aromatic rings. The lowest BCUT2D eigenvalue weighted by atomic mass is 10.2. The Labute approximate surface area is 220 Å². The fourth-order valence-corrected chi connectivity index (χ4v) is 6.44. The third kappa shape index (κ3) is 6.10. The minimum absolute atomic E-state index is 0.00822. The van der Waals surface area contributed by atoms with Gasteiger partial charge in [-0.3, -0.25) is 10.1 Å². The second-order valence-electron chi connectivity index (χ2n) is 7.55. The number of carbonyl (C=O) groups excluding carboxylic acids is 2. The number of benzene rings is 2. The monoisotopic (exact) mass is 595 g/mol. The zero-order chi connectivity index (χ0) is 25.7. The number of amides is 1. The number of nitrogens with one attached hydrogen (secondary N) is 1. The van der Waals surface area contributed by atoms with E-state index < -0.39 is 28.5 Å². The largest absolute Gasteiger partial charge is 0.497 e. The molecule has 4 rings (SSSR count). The predicted octanol–water partition coefficient (Wildman–Crippen LogP) is 3.40. The van der Waals surface area contributed by atoms with Crippen molar-refractivity contribution >= 4 is 54.3 Å². The number of aromatic nitrogens is 1. The lowest BCUT2D eigenvalue weighted by Gasteiger charge is -2.26. The molecule has 0 saturated carbocycles. The molecule has 0 aliphatic carbocycles. The van der Waals surface area contributed by atoms with Gasteiger partial charge in [-0.05, 0) is 58.4 Å². The molecule has 0 spiro atoms. The summed E-state index contributed by atoms with van der Waals surface area (Å²) in [6.07, 6.45) is 0. The highest BCUT2D eigenvalue weighted by molar-refractivity contribution is 9.10. The van der Waals surface area contributed by atoms with Gasteiger partial charge in [0.15, 0.2) is 11.7 Å². The lowest BCUT2D eigenvalue weighted by Crippen LogP contribution is -2.40. The molecule has 13 heteroatoms. The van der Waals surface area contributed by atoms with Crippen LogP contribution in [0.15, 0.2) is 57.2 Å². The van der Waals surface area contributed by atoms with Crippen molar-refractivity contribution in [3.63, 3.8) is 0 Å². The van der Waals surface area contributed by atoms with E-state index in [1.807, 2.05) is 24.3 Å². The number of methoxy groups -OCH3 is 1. The average Bonchev–Trinajstić information content (AvgIpc) is 3.36. The normalized spacial score (nSPS) is 14.3. The number of rotatable bonds is 8. The molecule has 190 valence electrons. The summed E-state index contributed by atoms with van der Waals surface area (Å²) in [6.45, 7) is 0.488. The Kier molecular flexibility index (Phi) is 8.36. The molecule has 2 aromatic carbocycles. The molecule has 1 amide bonds. The summed E-state index contributed by atoms with van der Waals surface area (Å²) in [6, 6.07) is 11.4. The summed E-state index contributed by atoms with van der Waals surface area (Å²) in [4.78, 5) is 29.2. The Morgan fingerprint density at radius 2 is 1.89 bits per heavy atom. The van der Waals surface area contributed by atoms with Crippen molar-refractivity contribution in [2.75, 3.05) is 45.3 Å². The molecular formula is C23H22BrN3O7S2. The minimum Gasteiger partial charge on any atom is -0.497 e. The fourth-order valence-electron chi connectivity index (χ4n) is 3.35. The first-order valence-corrected chi connectivity index (χ1v) is 13.8. The summed E-state index contributed by atoms with van der Waals surface area (Å²) < 4.78 is 43.1. The highest BCUT2D eigenvalue weighted by Gasteiger charge is 2.29. The van der Waals surface area contributed by atoms with Gasteiger partial charge in [0.2, 0.25) is 10.0 Å². The molecule has 2 heterocycles. The molecule has 10 nitrogen and oxygen atoms in total. The standard InChI is InChI=1S/C23H22BrN3O7S2/c1-32-17-5-2-15(3-6-17)19-14-35-23(25-19)26-21(28)13-34-22(29)16-4-7-18(24)20(12-16)36(30,31)27-8-10-33-11-9-27/h2-7,12,14H,8-11,13H2,1H3,(H,25,26,28). The summed E-state index contributed by atoms with van der Waals surface area (Å²) in [5.74, 6) is -0.674. The smallest absolute Gasteiger partial charge is 0.338 e. The van der Waals surface area contributed by atoms with Crippen LogP contribution in [-0.4, -0.2) is 69.6 Å². The summed E-state index contributed by atoms with van der Waals surface area (Å²) in [5.41, 5.74) is 1.55. The fraction of sp³-hybridized carbons (Fsp3) is 0.261. The van der Waals surface area contributed by atoms with Gasteiger partial charge in [-0.1, -0.05) is 0 Å². The summed E-state index contributed by atoms with van der Waals surface area (Å²) in [7, 11) is -2.26. The second-order valence-corrected chi connectivity index (χ2v) is 11.2. The number of anilines is 1. The molecular weight excluding hydrogens is 574 g/mol. The Morgan fingerprint density at radius 3 is 2.58 bits per heavy atom. The number of hydrogen-bond donors (Lipinski definition) is 1. The van der Waals surface area contributed by atoms with Gasteiger partial charge < -0.3 is 14.2 Å². The van der Waals surface area contributed by atoms with Crippen molar-refractivity contribution in [2.24, 2.45) is 0 Å². The third-order valence-corrected chi connectivity index (χ3v) is 8.88. The van der Waals surface area contributed by atoms with E-state index in [0.717, 1.165) is 11.3 Å². The molecule has 0 atom stereocenters. The van der Waals surface area contributed by atoms with Gasteiger partial charge in [-0.25, -0.2) is 18.2 Å². The Balaban J connectivity index is 1.36. The first-order valence-electron chi connectivity index (χ1n) is 10.7. The van der Waals surface area contributed by atoms with Gasteiger partial charge in [0.05, 0.1) is 36.5 Å². The molecule has 0 bridgehead atoms. The first-order chi connectivity index (χ1) is 17.3. The molecule has 36 heavy (non-hydrogen) atoms. The summed E-state index contributed by atoms with van der Waals surface area (Å²) in [5, 5.41) is 4.74. The van der Waals surface area contributed by atoms with Crippen LogP contribution in [0.3, 0.4) is 0 Å². The van der Waals surface area contributed by atoms with Crippen molar-refractivity contribution in [3.05, 3.63) is 57.9 Å². The number of ether oxygens (including phenoxy) is 3. The first kappa shape index (κ1) is 26.2. The van der Waals surface area contributed by atoms with Crippen LogP contribution in [-0.2, 0) is 24.3 Å².